The van der Waals surface area contributed by atoms with E-state index in [0.717, 1.165) is 18.6 Å². The maximum absolute atomic E-state index is 10.9. The number of aliphatic carboxylic acids is 1. The molecule has 1 fully saturated rings. The molecule has 70 valence electrons. The molecule has 0 bridgehead atoms. The quantitative estimate of drug-likeness (QED) is 0.735. The number of carbonyl (C=O) groups is 1. The zero-order valence-corrected chi connectivity index (χ0v) is 8.27. The average molecular weight is 188 g/mol. The van der Waals surface area contributed by atoms with Gasteiger partial charge in [-0.05, 0) is 25.0 Å². The second kappa shape index (κ2) is 4.75. The van der Waals surface area contributed by atoms with Gasteiger partial charge in [-0.15, -0.1) is 0 Å². The molecule has 0 spiro atoms. The van der Waals surface area contributed by atoms with Crippen molar-refractivity contribution in [3.8, 4) is 0 Å². The molecule has 1 N–H and O–H groups in total. The third-order valence-corrected chi connectivity index (χ3v) is 3.32. The first-order valence-corrected chi connectivity index (χ1v) is 5.87. The van der Waals surface area contributed by atoms with Crippen LogP contribution in [0.2, 0.25) is 0 Å². The Kier molecular flexibility index (Phi) is 3.92. The third-order valence-electron chi connectivity index (χ3n) is 2.63. The van der Waals surface area contributed by atoms with Gasteiger partial charge in [-0.25, -0.2) is 0 Å². The fourth-order valence-corrected chi connectivity index (χ4v) is 2.72. The number of carboxylic acid groups (broad SMARTS) is 1. The van der Waals surface area contributed by atoms with Gasteiger partial charge in [0.2, 0.25) is 0 Å². The minimum atomic E-state index is -0.601. The van der Waals surface area contributed by atoms with E-state index in [0.29, 0.717) is 5.92 Å². The van der Waals surface area contributed by atoms with E-state index >= 15 is 0 Å². The summed E-state index contributed by atoms with van der Waals surface area (Å²) in [7, 11) is 0. The van der Waals surface area contributed by atoms with E-state index in [1.54, 1.807) is 11.8 Å². The zero-order chi connectivity index (χ0) is 8.97. The third kappa shape index (κ3) is 2.41. The van der Waals surface area contributed by atoms with E-state index in [-0.39, 0.29) is 5.92 Å². The fraction of sp³-hybridized carbons (Fsp3) is 0.889. The molecule has 2 nitrogen and oxygen atoms in total. The van der Waals surface area contributed by atoms with Crippen molar-refractivity contribution in [2.75, 3.05) is 12.0 Å². The van der Waals surface area contributed by atoms with Crippen LogP contribution in [0.15, 0.2) is 0 Å². The first-order chi connectivity index (χ1) is 5.75. The van der Waals surface area contributed by atoms with E-state index in [2.05, 4.69) is 0 Å². The highest BCUT2D eigenvalue weighted by Crippen LogP contribution is 2.32. The summed E-state index contributed by atoms with van der Waals surface area (Å²) >= 11 is 1.64. The molecule has 0 aliphatic heterocycles. The summed E-state index contributed by atoms with van der Waals surface area (Å²) in [4.78, 5) is 10.9. The lowest BCUT2D eigenvalue weighted by Gasteiger charge is -2.17. The minimum absolute atomic E-state index is 0.0949. The fourth-order valence-electron chi connectivity index (χ4n) is 1.95. The van der Waals surface area contributed by atoms with E-state index < -0.39 is 5.97 Å². The molecule has 0 saturated heterocycles. The Balaban J connectivity index is 2.45. The van der Waals surface area contributed by atoms with Crippen molar-refractivity contribution in [2.24, 2.45) is 11.8 Å². The Bertz CT molecular complexity index is 153. The molecule has 1 unspecified atom stereocenters. The maximum atomic E-state index is 10.9. The van der Waals surface area contributed by atoms with Crippen LogP contribution >= 0.6 is 11.8 Å². The molecular weight excluding hydrogens is 172 g/mol. The predicted octanol–water partition coefficient (Wildman–Crippen LogP) is 2.24. The van der Waals surface area contributed by atoms with Gasteiger partial charge >= 0.3 is 5.97 Å². The number of rotatable bonds is 4. The summed E-state index contributed by atoms with van der Waals surface area (Å²) in [6.45, 7) is 0. The number of thioether (sulfide) groups is 1. The van der Waals surface area contributed by atoms with Gasteiger partial charge in [-0.3, -0.25) is 4.79 Å². The van der Waals surface area contributed by atoms with Crippen LogP contribution < -0.4 is 0 Å². The molecule has 1 saturated carbocycles. The number of hydrogen-bond acceptors (Lipinski definition) is 2. The Labute approximate surface area is 77.7 Å². The molecule has 1 aliphatic carbocycles. The van der Waals surface area contributed by atoms with Crippen molar-refractivity contribution in [3.63, 3.8) is 0 Å². The molecule has 1 atom stereocenters. The topological polar surface area (TPSA) is 37.3 Å². The number of hydrogen-bond donors (Lipinski definition) is 1. The smallest absolute Gasteiger partial charge is 0.307 e. The van der Waals surface area contributed by atoms with Gasteiger partial charge in [0.15, 0.2) is 0 Å². The van der Waals surface area contributed by atoms with Gasteiger partial charge in [0.05, 0.1) is 5.92 Å². The van der Waals surface area contributed by atoms with Gasteiger partial charge in [0, 0.05) is 5.75 Å². The summed E-state index contributed by atoms with van der Waals surface area (Å²) in [5.41, 5.74) is 0. The van der Waals surface area contributed by atoms with Crippen LogP contribution in [0.3, 0.4) is 0 Å². The van der Waals surface area contributed by atoms with Gasteiger partial charge in [-0.1, -0.05) is 12.8 Å². The largest absolute Gasteiger partial charge is 0.481 e. The van der Waals surface area contributed by atoms with Crippen LogP contribution in [0.5, 0.6) is 0 Å². The van der Waals surface area contributed by atoms with Gasteiger partial charge < -0.3 is 5.11 Å². The van der Waals surface area contributed by atoms with Crippen LogP contribution in [0.25, 0.3) is 0 Å². The van der Waals surface area contributed by atoms with Gasteiger partial charge in [0.1, 0.15) is 0 Å². The molecule has 12 heavy (non-hydrogen) atoms. The Morgan fingerprint density at radius 1 is 1.58 bits per heavy atom. The van der Waals surface area contributed by atoms with E-state index in [9.17, 15) is 4.79 Å². The molecule has 1 aliphatic rings. The van der Waals surface area contributed by atoms with Crippen LogP contribution in [0, 0.1) is 11.8 Å². The molecule has 3 heteroatoms. The van der Waals surface area contributed by atoms with E-state index in [4.69, 9.17) is 5.11 Å². The monoisotopic (exact) mass is 188 g/mol. The summed E-state index contributed by atoms with van der Waals surface area (Å²) in [6, 6.07) is 0. The van der Waals surface area contributed by atoms with Crippen LogP contribution in [-0.2, 0) is 4.79 Å². The predicted molar refractivity (Wildman–Crippen MR) is 51.5 cm³/mol. The molecule has 0 radical (unpaired) electrons. The summed E-state index contributed by atoms with van der Waals surface area (Å²) in [5.74, 6) is 0.536. The highest BCUT2D eigenvalue weighted by molar-refractivity contribution is 7.98. The molecule has 0 amide bonds. The molecule has 0 heterocycles. The zero-order valence-electron chi connectivity index (χ0n) is 7.45. The first-order valence-electron chi connectivity index (χ1n) is 4.47. The van der Waals surface area contributed by atoms with Crippen molar-refractivity contribution in [1.82, 2.24) is 0 Å². The summed E-state index contributed by atoms with van der Waals surface area (Å²) < 4.78 is 0. The Hall–Kier alpha value is -0.180. The molecule has 0 aromatic heterocycles. The highest BCUT2D eigenvalue weighted by Gasteiger charge is 2.29. The average Bonchev–Trinajstić information content (AvgIpc) is 2.51. The number of carboxylic acids is 1. The highest BCUT2D eigenvalue weighted by atomic mass is 32.2. The maximum Gasteiger partial charge on any atom is 0.307 e. The van der Waals surface area contributed by atoms with Crippen molar-refractivity contribution in [3.05, 3.63) is 0 Å². The second-order valence-electron chi connectivity index (χ2n) is 3.44. The lowest BCUT2D eigenvalue weighted by atomic mass is 9.93. The Morgan fingerprint density at radius 3 is 2.58 bits per heavy atom. The van der Waals surface area contributed by atoms with E-state index in [1.165, 1.54) is 12.8 Å². The Morgan fingerprint density at radius 2 is 2.17 bits per heavy atom. The van der Waals surface area contributed by atoms with Crippen molar-refractivity contribution >= 4 is 17.7 Å². The molecule has 0 aromatic carbocycles. The first kappa shape index (κ1) is 9.90. The van der Waals surface area contributed by atoms with Gasteiger partial charge in [-0.2, -0.15) is 11.8 Å². The molecule has 0 aromatic rings. The van der Waals surface area contributed by atoms with Gasteiger partial charge in [0.25, 0.3) is 0 Å². The molecular formula is C9H16O2S. The lowest BCUT2D eigenvalue weighted by molar-refractivity contribution is -0.142. The van der Waals surface area contributed by atoms with Crippen LogP contribution in [-0.4, -0.2) is 23.1 Å². The summed E-state index contributed by atoms with van der Waals surface area (Å²) in [6.07, 6.45) is 6.67. The van der Waals surface area contributed by atoms with Crippen molar-refractivity contribution < 1.29 is 9.90 Å². The summed E-state index contributed by atoms with van der Waals surface area (Å²) in [5, 5.41) is 8.95. The minimum Gasteiger partial charge on any atom is -0.481 e. The normalized spacial score (nSPS) is 21.1. The van der Waals surface area contributed by atoms with Crippen LogP contribution in [0.4, 0.5) is 0 Å². The lowest BCUT2D eigenvalue weighted by Crippen LogP contribution is -2.23. The second-order valence-corrected chi connectivity index (χ2v) is 4.36. The van der Waals surface area contributed by atoms with Crippen molar-refractivity contribution in [1.29, 1.82) is 0 Å². The van der Waals surface area contributed by atoms with Crippen LogP contribution in [0.1, 0.15) is 25.7 Å². The standard InChI is InChI=1S/C9H16O2S/c1-12-6-8(9(10)11)7-4-2-3-5-7/h7-8H,2-6H2,1H3,(H,10,11). The molecule has 1 rings (SSSR count). The van der Waals surface area contributed by atoms with E-state index in [1.807, 2.05) is 6.26 Å². The van der Waals surface area contributed by atoms with Crippen molar-refractivity contribution in [2.45, 2.75) is 25.7 Å². The SMILES string of the molecule is CSCC(C(=O)O)C1CCCC1.